The number of rotatable bonds is 5. The summed E-state index contributed by atoms with van der Waals surface area (Å²) in [4.78, 5) is 27.1. The largest absolute Gasteiger partial charge is 0.493 e. The van der Waals surface area contributed by atoms with Crippen LogP contribution in [0.4, 0.5) is 0 Å². The molecule has 5 atom stereocenters. The Kier molecular flexibility index (Phi) is 7.37. The van der Waals surface area contributed by atoms with Crippen molar-refractivity contribution in [2.45, 2.75) is 90.0 Å². The number of carbonyl (C=O) groups excluding carboxylic acids is 2. The third kappa shape index (κ3) is 5.07. The van der Waals surface area contributed by atoms with E-state index >= 15 is 0 Å². The van der Waals surface area contributed by atoms with Crippen LogP contribution in [-0.4, -0.2) is 76.4 Å². The molecule has 10 heteroatoms. The van der Waals surface area contributed by atoms with Gasteiger partial charge in [0, 0.05) is 42.7 Å². The number of ketones is 2. The second-order valence-corrected chi connectivity index (χ2v) is 12.8. The monoisotopic (exact) mass is 558 g/mol. The zero-order chi connectivity index (χ0) is 29.1. The number of allylic oxidation sites excluding steroid dienone is 4. The summed E-state index contributed by atoms with van der Waals surface area (Å²) in [5, 5.41) is 40.1. The fourth-order valence-corrected chi connectivity index (χ4v) is 6.26. The zero-order valence-electron chi connectivity index (χ0n) is 23.5. The number of hydrogen-bond donors (Lipinski definition) is 4. The normalized spacial score (nSPS) is 31.9. The maximum Gasteiger partial charge on any atom is 0.229 e. The third-order valence-electron chi connectivity index (χ3n) is 8.19. The molecule has 40 heavy (non-hydrogen) atoms. The van der Waals surface area contributed by atoms with E-state index in [1.54, 1.807) is 18.2 Å². The smallest absolute Gasteiger partial charge is 0.229 e. The summed E-state index contributed by atoms with van der Waals surface area (Å²) >= 11 is 0. The highest BCUT2D eigenvalue weighted by atomic mass is 16.7. The topological polar surface area (TPSA) is 152 Å². The molecule has 0 radical (unpaired) electrons. The summed E-state index contributed by atoms with van der Waals surface area (Å²) in [5.41, 5.74) is 1.11. The molecular weight excluding hydrogens is 520 g/mol. The predicted molar refractivity (Wildman–Crippen MR) is 141 cm³/mol. The van der Waals surface area contributed by atoms with E-state index < -0.39 is 43.2 Å². The molecule has 2 aliphatic heterocycles. The van der Waals surface area contributed by atoms with Gasteiger partial charge in [-0.25, -0.2) is 0 Å². The molecule has 0 bridgehead atoms. The lowest BCUT2D eigenvalue weighted by molar-refractivity contribution is -0.277. The van der Waals surface area contributed by atoms with Crippen molar-refractivity contribution in [3.8, 4) is 11.5 Å². The van der Waals surface area contributed by atoms with Crippen molar-refractivity contribution in [1.29, 1.82) is 0 Å². The fraction of sp³-hybridized carbons (Fsp3) is 0.600. The molecule has 1 aromatic rings. The van der Waals surface area contributed by atoms with Gasteiger partial charge in [-0.1, -0.05) is 33.8 Å². The first-order valence-electron chi connectivity index (χ1n) is 13.6. The summed E-state index contributed by atoms with van der Waals surface area (Å²) in [6, 6.07) is 5.00. The Morgan fingerprint density at radius 2 is 1.43 bits per heavy atom. The first-order valence-corrected chi connectivity index (χ1v) is 13.6. The number of benzene rings is 1. The van der Waals surface area contributed by atoms with Crippen LogP contribution in [0.5, 0.6) is 11.5 Å². The molecule has 2 aliphatic carbocycles. The molecule has 10 nitrogen and oxygen atoms in total. The maximum atomic E-state index is 13.5. The molecule has 1 fully saturated rings. The van der Waals surface area contributed by atoms with Gasteiger partial charge >= 0.3 is 0 Å². The Morgan fingerprint density at radius 3 is 1.95 bits per heavy atom. The number of ether oxygens (including phenoxy) is 4. The van der Waals surface area contributed by atoms with Gasteiger partial charge < -0.3 is 39.4 Å². The lowest BCUT2D eigenvalue weighted by atomic mass is 9.65. The van der Waals surface area contributed by atoms with E-state index in [0.29, 0.717) is 53.9 Å². The number of Topliss-reactive ketones (excluding diaryl/α,β-unsaturated/α-hetero) is 2. The Hall–Kier alpha value is -2.76. The second kappa shape index (κ2) is 10.3. The summed E-state index contributed by atoms with van der Waals surface area (Å²) in [6.45, 7) is 7.53. The summed E-state index contributed by atoms with van der Waals surface area (Å²) in [7, 11) is 1.43. The van der Waals surface area contributed by atoms with Crippen LogP contribution in [0.1, 0.15) is 64.9 Å². The van der Waals surface area contributed by atoms with E-state index in [1.807, 2.05) is 27.7 Å². The minimum Gasteiger partial charge on any atom is -0.493 e. The highest BCUT2D eigenvalue weighted by Crippen LogP contribution is 2.53. The van der Waals surface area contributed by atoms with Gasteiger partial charge in [0.1, 0.15) is 35.9 Å². The van der Waals surface area contributed by atoms with Crippen molar-refractivity contribution in [3.05, 3.63) is 46.4 Å². The van der Waals surface area contributed by atoms with Crippen molar-refractivity contribution in [3.63, 3.8) is 0 Å². The highest BCUT2D eigenvalue weighted by molar-refractivity contribution is 6.06. The molecule has 1 saturated heterocycles. The first-order chi connectivity index (χ1) is 18.7. The standard InChI is InChI=1S/C30H38O10/c1-29(2)9-15(32)23-19(11-29)38-20-12-30(3,4)10-16(33)24(20)22(23)14-6-7-17(18(8-14)37-5)39-28-27(36)26(35)25(34)21(13-31)40-28/h6-8,21-22,25-28,31,34-36H,9-13H2,1-5H3/t21?,25-,26?,27-,28+/m0/s1. The van der Waals surface area contributed by atoms with E-state index in [0.717, 1.165) is 0 Å². The molecule has 1 aromatic carbocycles. The van der Waals surface area contributed by atoms with Gasteiger partial charge in [-0.05, 0) is 28.5 Å². The van der Waals surface area contributed by atoms with Gasteiger partial charge in [0.05, 0.1) is 13.7 Å². The molecular formula is C30H38O10. The fourth-order valence-electron chi connectivity index (χ4n) is 6.26. The van der Waals surface area contributed by atoms with Gasteiger partial charge in [0.25, 0.3) is 0 Å². The summed E-state index contributed by atoms with van der Waals surface area (Å²) < 4.78 is 23.2. The minimum absolute atomic E-state index is 0.0546. The van der Waals surface area contributed by atoms with Crippen molar-refractivity contribution in [1.82, 2.24) is 0 Å². The van der Waals surface area contributed by atoms with Crippen molar-refractivity contribution >= 4 is 11.6 Å². The third-order valence-corrected chi connectivity index (χ3v) is 8.19. The highest BCUT2D eigenvalue weighted by Gasteiger charge is 2.48. The van der Waals surface area contributed by atoms with Crippen LogP contribution in [0.3, 0.4) is 0 Å². The minimum atomic E-state index is -1.60. The number of aliphatic hydroxyl groups excluding tert-OH is 4. The summed E-state index contributed by atoms with van der Waals surface area (Å²) in [5.74, 6) is 0.895. The molecule has 218 valence electrons. The summed E-state index contributed by atoms with van der Waals surface area (Å²) in [6.07, 6.45) is -5.41. The van der Waals surface area contributed by atoms with Gasteiger partial charge in [-0.15, -0.1) is 0 Å². The molecule has 4 aliphatic rings. The molecule has 5 rings (SSSR count). The SMILES string of the molecule is COc1cc(C2C3=C(CC(C)(C)CC3=O)OC3=C2C(=O)CC(C)(C)C3)ccc1O[C@@H]1OC(CO)[C@H](O)C(O)[C@@H]1O. The van der Waals surface area contributed by atoms with Crippen LogP contribution in [-0.2, 0) is 19.1 Å². The van der Waals surface area contributed by atoms with Gasteiger partial charge in [0.2, 0.25) is 6.29 Å². The van der Waals surface area contributed by atoms with Gasteiger partial charge in [-0.2, -0.15) is 0 Å². The van der Waals surface area contributed by atoms with Crippen LogP contribution >= 0.6 is 0 Å². The molecule has 0 amide bonds. The van der Waals surface area contributed by atoms with Crippen LogP contribution in [0.25, 0.3) is 0 Å². The molecule has 2 unspecified atom stereocenters. The Morgan fingerprint density at radius 1 is 0.850 bits per heavy atom. The maximum absolute atomic E-state index is 13.5. The van der Waals surface area contributed by atoms with Crippen LogP contribution in [0.2, 0.25) is 0 Å². The average Bonchev–Trinajstić information content (AvgIpc) is 2.86. The predicted octanol–water partition coefficient (Wildman–Crippen LogP) is 2.27. The average molecular weight is 559 g/mol. The number of hydrogen-bond acceptors (Lipinski definition) is 10. The Balaban J connectivity index is 1.55. The zero-order valence-corrected chi connectivity index (χ0v) is 23.5. The van der Waals surface area contributed by atoms with Crippen LogP contribution in [0.15, 0.2) is 40.9 Å². The number of carbonyl (C=O) groups is 2. The second-order valence-electron chi connectivity index (χ2n) is 12.8. The van der Waals surface area contributed by atoms with E-state index in [9.17, 15) is 30.0 Å². The van der Waals surface area contributed by atoms with Gasteiger partial charge in [-0.3, -0.25) is 9.59 Å². The molecule has 4 N–H and O–H groups in total. The van der Waals surface area contributed by atoms with E-state index in [-0.39, 0.29) is 33.9 Å². The lowest BCUT2D eigenvalue weighted by Gasteiger charge is -2.42. The number of aliphatic hydroxyl groups is 4. The molecule has 0 saturated carbocycles. The van der Waals surface area contributed by atoms with E-state index in [1.165, 1.54) is 7.11 Å². The molecule has 0 aromatic heterocycles. The van der Waals surface area contributed by atoms with Gasteiger partial charge in [0.15, 0.2) is 23.1 Å². The van der Waals surface area contributed by atoms with Crippen molar-refractivity contribution in [2.75, 3.05) is 13.7 Å². The molecule has 0 spiro atoms. The first kappa shape index (κ1) is 28.8. The number of methoxy groups -OCH3 is 1. The van der Waals surface area contributed by atoms with E-state index in [4.69, 9.17) is 18.9 Å². The van der Waals surface area contributed by atoms with Crippen molar-refractivity contribution in [2.24, 2.45) is 10.8 Å². The Bertz CT molecular complexity index is 1220. The Labute approximate surface area is 233 Å². The quantitative estimate of drug-likeness (QED) is 0.424. The lowest BCUT2D eigenvalue weighted by Crippen LogP contribution is -2.60. The van der Waals surface area contributed by atoms with Crippen LogP contribution in [0, 0.1) is 10.8 Å². The van der Waals surface area contributed by atoms with Crippen molar-refractivity contribution < 1.29 is 49.0 Å². The van der Waals surface area contributed by atoms with E-state index in [2.05, 4.69) is 0 Å². The van der Waals surface area contributed by atoms with Crippen LogP contribution < -0.4 is 9.47 Å². The molecule has 2 heterocycles.